The van der Waals surface area contributed by atoms with Gasteiger partial charge >= 0.3 is 0 Å². The first-order chi connectivity index (χ1) is 20.4. The minimum absolute atomic E-state index is 0.0101. The number of halogens is 6. The zero-order chi connectivity index (χ0) is 31.6. The van der Waals surface area contributed by atoms with E-state index in [1.165, 1.54) is 30.4 Å². The molecule has 4 unspecified atom stereocenters. The van der Waals surface area contributed by atoms with Gasteiger partial charge in [-0.3, -0.25) is 14.7 Å². The lowest BCUT2D eigenvalue weighted by atomic mass is 10.1. The molecule has 0 radical (unpaired) electrons. The third kappa shape index (κ3) is 7.20. The minimum atomic E-state index is -1.56. The maximum absolute atomic E-state index is 13.6. The first-order valence-electron chi connectivity index (χ1n) is 12.9. The molecular weight excluding hydrogens is 689 g/mol. The second kappa shape index (κ2) is 14.5. The van der Waals surface area contributed by atoms with Crippen LogP contribution in [0.2, 0.25) is 0 Å². The molecule has 0 bridgehead atoms. The van der Waals surface area contributed by atoms with E-state index in [0.29, 0.717) is 10.1 Å². The molecule has 1 aromatic rings. The average Bonchev–Trinajstić information content (AvgIpc) is 3.40. The molecule has 43 heavy (non-hydrogen) atoms. The number of amides is 1. The Bertz CT molecular complexity index is 1570. The van der Waals surface area contributed by atoms with Crippen molar-refractivity contribution in [2.24, 2.45) is 5.10 Å². The number of allylic oxidation sites excluding steroid dienone is 10. The zero-order valence-corrected chi connectivity index (χ0v) is 27.2. The molecule has 0 aromatic carbocycles. The number of carbonyl (C=O) groups excluding carboxylic acids is 1. The quantitative estimate of drug-likeness (QED) is 0.159. The highest BCUT2D eigenvalue weighted by atomic mass is 35.5. The van der Waals surface area contributed by atoms with Gasteiger partial charge in [-0.15, -0.1) is 23.2 Å². The first kappa shape index (κ1) is 34.1. The van der Waals surface area contributed by atoms with Gasteiger partial charge in [-0.05, 0) is 38.2 Å². The fraction of sp³-hybridized carbons (Fsp3) is 0.370. The van der Waals surface area contributed by atoms with Gasteiger partial charge in [-0.25, -0.2) is 4.68 Å². The number of alkyl halides is 2. The number of hydrazone groups is 1. The Morgan fingerprint density at radius 3 is 2.09 bits per heavy atom. The van der Waals surface area contributed by atoms with E-state index in [0.717, 1.165) is 9.69 Å². The molecule has 3 N–H and O–H groups in total. The Morgan fingerprint density at radius 2 is 1.53 bits per heavy atom. The first-order valence-corrected chi connectivity index (χ1v) is 15.3. The summed E-state index contributed by atoms with van der Waals surface area (Å²) in [5.41, 5.74) is -0.346. The lowest BCUT2D eigenvalue weighted by Gasteiger charge is -2.24. The molecule has 0 fully saturated rings. The van der Waals surface area contributed by atoms with Crippen LogP contribution in [0.5, 0.6) is 0 Å². The summed E-state index contributed by atoms with van der Waals surface area (Å²) in [5.74, 6) is -0.655. The molecule has 2 heterocycles. The normalized spacial score (nSPS) is 23.9. The van der Waals surface area contributed by atoms with Crippen molar-refractivity contribution in [2.75, 3.05) is 13.2 Å². The van der Waals surface area contributed by atoms with Gasteiger partial charge in [0, 0.05) is 36.1 Å². The van der Waals surface area contributed by atoms with Crippen LogP contribution in [0.1, 0.15) is 44.2 Å². The van der Waals surface area contributed by atoms with Crippen LogP contribution in [0, 0.1) is 0 Å². The van der Waals surface area contributed by atoms with Gasteiger partial charge in [0.25, 0.3) is 11.5 Å². The largest absolute Gasteiger partial charge is 0.363 e. The Kier molecular flexibility index (Phi) is 11.5. The van der Waals surface area contributed by atoms with Gasteiger partial charge in [0.05, 0.1) is 43.3 Å². The molecule has 16 heteroatoms. The number of H-pyrrole nitrogens is 1. The highest BCUT2D eigenvalue weighted by molar-refractivity contribution is 6.40. The average molecular weight is 715 g/mol. The molecule has 1 aromatic heterocycles. The number of carbonyl (C=O) groups is 1. The van der Waals surface area contributed by atoms with Crippen molar-refractivity contribution < 1.29 is 24.5 Å². The number of aliphatic hydroxyl groups is 2. The fourth-order valence-electron chi connectivity index (χ4n) is 4.49. The molecule has 4 atom stereocenters. The lowest BCUT2D eigenvalue weighted by molar-refractivity contribution is -0.124. The summed E-state index contributed by atoms with van der Waals surface area (Å²) in [7, 11) is 0. The number of aromatic nitrogens is 2. The van der Waals surface area contributed by atoms with Gasteiger partial charge in [0.2, 0.25) is 6.29 Å². The van der Waals surface area contributed by atoms with Crippen LogP contribution in [0.4, 0.5) is 0 Å². The van der Waals surface area contributed by atoms with Gasteiger partial charge in [-0.1, -0.05) is 52.5 Å². The van der Waals surface area contributed by atoms with Crippen molar-refractivity contribution in [3.05, 3.63) is 77.3 Å². The van der Waals surface area contributed by atoms with Crippen LogP contribution in [-0.4, -0.2) is 66.9 Å². The Hall–Kier alpha value is -1.83. The third-order valence-corrected chi connectivity index (χ3v) is 8.24. The summed E-state index contributed by atoms with van der Waals surface area (Å²) < 4.78 is 11.7. The summed E-state index contributed by atoms with van der Waals surface area (Å²) in [5, 5.41) is 28.9. The van der Waals surface area contributed by atoms with E-state index in [-0.39, 0.29) is 70.1 Å². The van der Waals surface area contributed by atoms with E-state index in [4.69, 9.17) is 79.1 Å². The highest BCUT2D eigenvalue weighted by Gasteiger charge is 2.39. The van der Waals surface area contributed by atoms with Crippen molar-refractivity contribution in [1.29, 1.82) is 0 Å². The second-order valence-electron chi connectivity index (χ2n) is 9.23. The number of hydrogen-bond donors (Lipinski definition) is 3. The minimum Gasteiger partial charge on any atom is -0.363 e. The van der Waals surface area contributed by atoms with Crippen molar-refractivity contribution in [3.8, 4) is 0 Å². The summed E-state index contributed by atoms with van der Waals surface area (Å²) in [4.78, 5) is 27.1. The van der Waals surface area contributed by atoms with E-state index < -0.39 is 34.8 Å². The lowest BCUT2D eigenvalue weighted by Crippen LogP contribution is -2.29. The molecule has 2 aliphatic carbocycles. The van der Waals surface area contributed by atoms with Crippen LogP contribution < -0.4 is 5.56 Å². The number of aliphatic hydroxyl groups excluding tert-OH is 2. The molecule has 1 amide bonds. The van der Waals surface area contributed by atoms with E-state index >= 15 is 0 Å². The van der Waals surface area contributed by atoms with E-state index in [1.54, 1.807) is 13.8 Å². The fourth-order valence-corrected chi connectivity index (χ4v) is 6.85. The van der Waals surface area contributed by atoms with Gasteiger partial charge in [-0.2, -0.15) is 10.1 Å². The number of nitrogens with zero attached hydrogens (tertiary/aromatic N) is 3. The molecule has 0 saturated heterocycles. The molecule has 0 saturated carbocycles. The van der Waals surface area contributed by atoms with Crippen molar-refractivity contribution in [3.63, 3.8) is 0 Å². The summed E-state index contributed by atoms with van der Waals surface area (Å²) in [6, 6.07) is 0. The number of hydrogen-bond acceptors (Lipinski definition) is 7. The zero-order valence-electron chi connectivity index (χ0n) is 22.7. The number of aromatic amines is 1. The Balaban J connectivity index is 1.78. The molecule has 3 aliphatic rings. The Morgan fingerprint density at radius 1 is 0.977 bits per heavy atom. The SMILES string of the molecule is CCOC(O)C1=NN(C2=C(Cl)C=C(Cl)CC2Cl)C(=O)C1=CC=Cc1c(C(O)OCC)[nH]n(C2=C(Cl)C=C(Cl)CC2Cl)c1=O. The van der Waals surface area contributed by atoms with Crippen molar-refractivity contribution in [1.82, 2.24) is 14.8 Å². The van der Waals surface area contributed by atoms with Crippen LogP contribution in [0.15, 0.2) is 65.6 Å². The smallest absolute Gasteiger partial charge is 0.280 e. The van der Waals surface area contributed by atoms with Gasteiger partial charge in [0.15, 0.2) is 6.29 Å². The second-order valence-corrected chi connectivity index (χ2v) is 12.1. The van der Waals surface area contributed by atoms with Crippen molar-refractivity contribution >= 4 is 93.0 Å². The van der Waals surface area contributed by atoms with E-state index in [1.807, 2.05) is 0 Å². The molecule has 1 aliphatic heterocycles. The molecule has 4 rings (SSSR count). The molecule has 0 spiro atoms. The molecular formula is C27H26Cl6N4O6. The highest BCUT2D eigenvalue weighted by Crippen LogP contribution is 2.37. The van der Waals surface area contributed by atoms with E-state index in [9.17, 15) is 19.8 Å². The number of nitrogens with one attached hydrogen (secondary N) is 1. The Labute approximate surface area is 276 Å². The summed E-state index contributed by atoms with van der Waals surface area (Å²) in [6.07, 6.45) is 4.38. The molecule has 232 valence electrons. The van der Waals surface area contributed by atoms with E-state index in [2.05, 4.69) is 10.2 Å². The third-order valence-electron chi connectivity index (χ3n) is 6.39. The van der Waals surface area contributed by atoms with Crippen molar-refractivity contribution in [2.45, 2.75) is 50.0 Å². The van der Waals surface area contributed by atoms with Crippen LogP contribution in [-0.2, 0) is 14.3 Å². The monoisotopic (exact) mass is 712 g/mol. The van der Waals surface area contributed by atoms with Crippen LogP contribution in [0.3, 0.4) is 0 Å². The van der Waals surface area contributed by atoms with Gasteiger partial charge < -0.3 is 19.7 Å². The maximum Gasteiger partial charge on any atom is 0.280 e. The summed E-state index contributed by atoms with van der Waals surface area (Å²) >= 11 is 37.8. The number of ether oxygens (including phenoxy) is 2. The van der Waals surface area contributed by atoms with Gasteiger partial charge in [0.1, 0.15) is 11.4 Å². The number of rotatable bonds is 10. The summed E-state index contributed by atoms with van der Waals surface area (Å²) in [6.45, 7) is 3.60. The molecule has 10 nitrogen and oxygen atoms in total. The topological polar surface area (TPSA) is 129 Å². The predicted octanol–water partition coefficient (Wildman–Crippen LogP) is 5.82. The maximum atomic E-state index is 13.6. The standard InChI is InChI=1S/C27H26Cl6N4O6/c1-3-42-26(40)20-14(24(38)36(34-20)22-16(30)8-12(28)9-17(22)31)6-5-7-15-21(27(41)43-4-2)35-37(25(15)39)23-18(32)10-13(29)11-19(23)33/h5-8,10,17,19,26-27,34,40-41H,3-4,9,11H2,1-2H3. The predicted molar refractivity (Wildman–Crippen MR) is 169 cm³/mol. The van der Waals surface area contributed by atoms with Crippen LogP contribution >= 0.6 is 69.6 Å². The van der Waals surface area contributed by atoms with Crippen LogP contribution in [0.25, 0.3) is 11.8 Å².